The van der Waals surface area contributed by atoms with Gasteiger partial charge in [0.05, 0.1) is 11.8 Å². The minimum Gasteiger partial charge on any atom is -0.391 e. The van der Waals surface area contributed by atoms with Crippen LogP contribution in [-0.2, 0) is 17.8 Å². The maximum Gasteiger partial charge on any atom is 0.145 e. The standard InChI is InChI=1S/C26H26ClFN2O2/c27-22-10-8-21(9-11-22)26-15-25(32-29-26)18-30(16-20-6-12-23(28)13-7-20)17-24(31)14-19-4-2-1-3-5-19/h1-13,24-25,31H,14-18H2/t24-,25-/m1/s1. The van der Waals surface area contributed by atoms with Crippen molar-refractivity contribution in [2.45, 2.75) is 31.6 Å². The number of rotatable bonds is 9. The highest BCUT2D eigenvalue weighted by Crippen LogP contribution is 2.20. The summed E-state index contributed by atoms with van der Waals surface area (Å²) >= 11 is 5.98. The Labute approximate surface area is 192 Å². The molecule has 0 fully saturated rings. The van der Waals surface area contributed by atoms with E-state index in [2.05, 4.69) is 10.1 Å². The summed E-state index contributed by atoms with van der Waals surface area (Å²) in [5.74, 6) is -0.260. The lowest BCUT2D eigenvalue weighted by Gasteiger charge is -2.27. The molecule has 32 heavy (non-hydrogen) atoms. The van der Waals surface area contributed by atoms with Gasteiger partial charge in [0, 0.05) is 31.1 Å². The van der Waals surface area contributed by atoms with Crippen molar-refractivity contribution < 1.29 is 14.3 Å². The van der Waals surface area contributed by atoms with Gasteiger partial charge in [0.1, 0.15) is 11.9 Å². The van der Waals surface area contributed by atoms with Crippen molar-refractivity contribution >= 4 is 17.3 Å². The maximum absolute atomic E-state index is 13.3. The molecule has 1 aliphatic rings. The van der Waals surface area contributed by atoms with Crippen LogP contribution >= 0.6 is 11.6 Å². The molecule has 1 heterocycles. The van der Waals surface area contributed by atoms with Gasteiger partial charge in [-0.3, -0.25) is 4.90 Å². The first-order chi connectivity index (χ1) is 15.5. The highest BCUT2D eigenvalue weighted by molar-refractivity contribution is 6.30. The minimum atomic E-state index is -0.532. The van der Waals surface area contributed by atoms with Crippen molar-refractivity contribution in [1.29, 1.82) is 0 Å². The molecule has 166 valence electrons. The first-order valence-corrected chi connectivity index (χ1v) is 11.1. The highest BCUT2D eigenvalue weighted by Gasteiger charge is 2.26. The van der Waals surface area contributed by atoms with E-state index in [4.69, 9.17) is 16.4 Å². The van der Waals surface area contributed by atoms with Gasteiger partial charge in [-0.25, -0.2) is 4.39 Å². The summed E-state index contributed by atoms with van der Waals surface area (Å²) in [5.41, 5.74) is 3.95. The zero-order chi connectivity index (χ0) is 22.3. The summed E-state index contributed by atoms with van der Waals surface area (Å²) in [6.45, 7) is 1.66. The van der Waals surface area contributed by atoms with Gasteiger partial charge in [-0.15, -0.1) is 0 Å². The fraction of sp³-hybridized carbons (Fsp3) is 0.269. The number of aliphatic hydroxyl groups excluding tert-OH is 1. The third-order valence-electron chi connectivity index (χ3n) is 5.47. The van der Waals surface area contributed by atoms with Crippen molar-refractivity contribution in [3.63, 3.8) is 0 Å². The van der Waals surface area contributed by atoms with E-state index < -0.39 is 6.10 Å². The van der Waals surface area contributed by atoms with Crippen molar-refractivity contribution in [3.05, 3.63) is 106 Å². The van der Waals surface area contributed by atoms with E-state index in [1.54, 1.807) is 12.1 Å². The molecule has 0 aliphatic carbocycles. The Morgan fingerprint density at radius 3 is 2.44 bits per heavy atom. The number of hydrogen-bond donors (Lipinski definition) is 1. The van der Waals surface area contributed by atoms with Crippen molar-refractivity contribution in [3.8, 4) is 0 Å². The number of halogens is 2. The Bertz CT molecular complexity index is 1030. The molecule has 1 N–H and O–H groups in total. The number of aliphatic hydroxyl groups is 1. The van der Waals surface area contributed by atoms with Gasteiger partial charge >= 0.3 is 0 Å². The summed E-state index contributed by atoms with van der Waals surface area (Å²) in [6, 6.07) is 24.0. The zero-order valence-corrected chi connectivity index (χ0v) is 18.5. The predicted molar refractivity (Wildman–Crippen MR) is 125 cm³/mol. The van der Waals surface area contributed by atoms with Crippen LogP contribution in [0, 0.1) is 5.82 Å². The van der Waals surface area contributed by atoms with Crippen LogP contribution in [-0.4, -0.2) is 41.0 Å². The average molecular weight is 453 g/mol. The van der Waals surface area contributed by atoms with E-state index in [9.17, 15) is 9.50 Å². The molecule has 0 unspecified atom stereocenters. The average Bonchev–Trinajstić information content (AvgIpc) is 3.25. The van der Waals surface area contributed by atoms with Crippen LogP contribution in [0.15, 0.2) is 84.0 Å². The SMILES string of the molecule is O[C@H](Cc1ccccc1)CN(Cc1ccc(F)cc1)C[C@H]1CC(c2ccc(Cl)cc2)=NO1. The van der Waals surface area contributed by atoms with Gasteiger partial charge < -0.3 is 9.94 Å². The summed E-state index contributed by atoms with van der Waals surface area (Å²) in [4.78, 5) is 7.85. The Hall–Kier alpha value is -2.73. The second-order valence-corrected chi connectivity index (χ2v) is 8.58. The molecular weight excluding hydrogens is 427 g/mol. The van der Waals surface area contributed by atoms with E-state index in [1.807, 2.05) is 54.6 Å². The summed E-state index contributed by atoms with van der Waals surface area (Å²) < 4.78 is 13.3. The third-order valence-corrected chi connectivity index (χ3v) is 5.73. The van der Waals surface area contributed by atoms with Gasteiger partial charge in [0.15, 0.2) is 0 Å². The van der Waals surface area contributed by atoms with Crippen molar-refractivity contribution in [2.75, 3.05) is 13.1 Å². The topological polar surface area (TPSA) is 45.1 Å². The Morgan fingerprint density at radius 2 is 1.72 bits per heavy atom. The first-order valence-electron chi connectivity index (χ1n) is 10.7. The van der Waals surface area contributed by atoms with Gasteiger partial charge in [-0.1, -0.05) is 71.4 Å². The normalized spacial score (nSPS) is 16.6. The Morgan fingerprint density at radius 1 is 1.00 bits per heavy atom. The fourth-order valence-electron chi connectivity index (χ4n) is 3.93. The highest BCUT2D eigenvalue weighted by atomic mass is 35.5. The minimum absolute atomic E-state index is 0.120. The van der Waals surface area contributed by atoms with E-state index in [-0.39, 0.29) is 11.9 Å². The summed E-state index contributed by atoms with van der Waals surface area (Å²) in [6.07, 6.45) is 0.593. The lowest BCUT2D eigenvalue weighted by atomic mass is 10.0. The summed E-state index contributed by atoms with van der Waals surface area (Å²) in [5, 5.41) is 15.7. The molecule has 0 saturated heterocycles. The zero-order valence-electron chi connectivity index (χ0n) is 17.7. The third kappa shape index (κ3) is 6.39. The van der Waals surface area contributed by atoms with Crippen LogP contribution < -0.4 is 0 Å². The molecule has 0 bridgehead atoms. The molecule has 0 radical (unpaired) electrons. The number of benzene rings is 3. The maximum atomic E-state index is 13.3. The molecule has 3 aromatic rings. The lowest BCUT2D eigenvalue weighted by Crippen LogP contribution is -2.38. The van der Waals surface area contributed by atoms with E-state index >= 15 is 0 Å². The molecule has 4 nitrogen and oxygen atoms in total. The smallest absolute Gasteiger partial charge is 0.145 e. The van der Waals surface area contributed by atoms with E-state index in [1.165, 1.54) is 12.1 Å². The molecule has 0 spiro atoms. The molecular formula is C26H26ClFN2O2. The number of hydrogen-bond acceptors (Lipinski definition) is 4. The van der Waals surface area contributed by atoms with Crippen LogP contribution in [0.1, 0.15) is 23.1 Å². The van der Waals surface area contributed by atoms with Crippen LogP contribution in [0.4, 0.5) is 4.39 Å². The van der Waals surface area contributed by atoms with Crippen LogP contribution in [0.25, 0.3) is 0 Å². The van der Waals surface area contributed by atoms with Gasteiger partial charge in [0.25, 0.3) is 0 Å². The van der Waals surface area contributed by atoms with E-state index in [0.29, 0.717) is 37.5 Å². The fourth-order valence-corrected chi connectivity index (χ4v) is 4.05. The molecule has 4 rings (SSSR count). The van der Waals surface area contributed by atoms with Crippen molar-refractivity contribution in [2.24, 2.45) is 5.16 Å². The van der Waals surface area contributed by atoms with Gasteiger partial charge in [-0.2, -0.15) is 0 Å². The molecule has 2 atom stereocenters. The second kappa shape index (κ2) is 10.7. The second-order valence-electron chi connectivity index (χ2n) is 8.14. The molecule has 6 heteroatoms. The first kappa shape index (κ1) is 22.5. The summed E-state index contributed by atoms with van der Waals surface area (Å²) in [7, 11) is 0. The predicted octanol–water partition coefficient (Wildman–Crippen LogP) is 5.08. The van der Waals surface area contributed by atoms with Crippen molar-refractivity contribution in [1.82, 2.24) is 4.90 Å². The Kier molecular flexibility index (Phi) is 7.53. The monoisotopic (exact) mass is 452 g/mol. The van der Waals surface area contributed by atoms with Gasteiger partial charge in [0.2, 0.25) is 0 Å². The largest absolute Gasteiger partial charge is 0.391 e. The van der Waals surface area contributed by atoms with Crippen LogP contribution in [0.3, 0.4) is 0 Å². The van der Waals surface area contributed by atoms with Crippen LogP contribution in [0.2, 0.25) is 5.02 Å². The van der Waals surface area contributed by atoms with Gasteiger partial charge in [-0.05, 0) is 47.4 Å². The molecule has 1 aliphatic heterocycles. The molecule has 0 amide bonds. The quantitative estimate of drug-likeness (QED) is 0.492. The van der Waals surface area contributed by atoms with Crippen LogP contribution in [0.5, 0.6) is 0 Å². The van der Waals surface area contributed by atoms with E-state index in [0.717, 1.165) is 22.4 Å². The Balaban J connectivity index is 1.40. The number of oxime groups is 1. The molecule has 0 saturated carbocycles. The number of nitrogens with zero attached hydrogens (tertiary/aromatic N) is 2. The molecule has 3 aromatic carbocycles. The molecule has 0 aromatic heterocycles. The lowest BCUT2D eigenvalue weighted by molar-refractivity contribution is 0.0322.